The lowest BCUT2D eigenvalue weighted by Gasteiger charge is -2.61. The average molecular weight is 911 g/mol. The molecule has 10 nitrogen and oxygen atoms in total. The maximum absolute atomic E-state index is 15.8. The van der Waals surface area contributed by atoms with Crippen LogP contribution >= 0.6 is 0 Å². The zero-order chi connectivity index (χ0) is 47.6. The number of carbonyl (C=O) groups excluding carboxylic acids is 3. The fourth-order valence-electron chi connectivity index (χ4n) is 8.98. The van der Waals surface area contributed by atoms with E-state index in [0.29, 0.717) is 19.3 Å². The summed E-state index contributed by atoms with van der Waals surface area (Å²) in [5.41, 5.74) is 0.0659. The van der Waals surface area contributed by atoms with Gasteiger partial charge < -0.3 is 13.5 Å². The van der Waals surface area contributed by atoms with Crippen LogP contribution in [-0.4, -0.2) is 39.3 Å². The molecule has 1 N–H and O–H groups in total. The van der Waals surface area contributed by atoms with Crippen molar-refractivity contribution in [3.05, 3.63) is 136 Å². The molecule has 0 aliphatic heterocycles. The zero-order valence-corrected chi connectivity index (χ0v) is 40.6. The SMILES string of the molecule is CC(C)=CCC[C@]1(C)[C@@H](CC=C(C)C)C[C@@]2(CC=C(C)C)C(=O)C(=C(O)c3ccc(OS(=O)(=O)c4ccc(C)cc4)c(OS(=O)(=O)c4ccc(C)cc4)c3)C(=O)[C@]1(CC=C(C)C)C2=O. The van der Waals surface area contributed by atoms with E-state index in [9.17, 15) is 21.9 Å². The van der Waals surface area contributed by atoms with E-state index in [1.54, 1.807) is 38.1 Å². The standard InChI is InChI=1S/C52H62O10S2/c1-33(2)13-12-28-50(11)40(20-14-34(3)4)32-51(29-26-35(5)6)47(54)45(48(55)52(50,49(51)56)30-27-36(7)8)46(53)39-19-25-43(61-63(57,58)41-21-15-37(9)16-22-41)44(31-39)62-64(59,60)42-23-17-38(10)18-24-42/h13-19,21-27,31,40,53H,12,20,28-30,32H2,1-11H3/t40-,50+,51-,52+/m0/s1. The monoisotopic (exact) mass is 910 g/mol. The van der Waals surface area contributed by atoms with Crippen LogP contribution in [0.25, 0.3) is 5.76 Å². The molecule has 2 bridgehead atoms. The molecule has 0 amide bonds. The Labute approximate surface area is 380 Å². The molecular weight excluding hydrogens is 849 g/mol. The highest BCUT2D eigenvalue weighted by atomic mass is 32.2. The Hall–Kier alpha value is -5.33. The van der Waals surface area contributed by atoms with Crippen molar-refractivity contribution >= 4 is 43.3 Å². The fourth-order valence-corrected chi connectivity index (χ4v) is 10.9. The fraction of sp³-hybridized carbons (Fsp3) is 0.404. The Balaban J connectivity index is 1.83. The van der Waals surface area contributed by atoms with Gasteiger partial charge in [-0.25, -0.2) is 0 Å². The zero-order valence-electron chi connectivity index (χ0n) is 38.9. The molecule has 0 unspecified atom stereocenters. The Morgan fingerprint density at radius 2 is 1.14 bits per heavy atom. The van der Waals surface area contributed by atoms with Crippen LogP contribution in [0, 0.1) is 36.0 Å². The van der Waals surface area contributed by atoms with E-state index in [1.165, 1.54) is 30.3 Å². The van der Waals surface area contributed by atoms with Crippen LogP contribution in [0.1, 0.15) is 118 Å². The van der Waals surface area contributed by atoms with Gasteiger partial charge in [-0.3, -0.25) is 14.4 Å². The number of aliphatic hydroxyl groups excluding tert-OH is 1. The van der Waals surface area contributed by atoms with Crippen molar-refractivity contribution in [1.29, 1.82) is 0 Å². The second-order valence-corrected chi connectivity index (χ2v) is 21.8. The summed E-state index contributed by atoms with van der Waals surface area (Å²) < 4.78 is 65.9. The van der Waals surface area contributed by atoms with Crippen molar-refractivity contribution in [2.24, 2.45) is 22.2 Å². The third kappa shape index (κ3) is 9.83. The number of aryl methyl sites for hydroxylation is 2. The smallest absolute Gasteiger partial charge is 0.339 e. The Morgan fingerprint density at radius 1 is 0.656 bits per heavy atom. The number of Topliss-reactive ketones (excluding diaryl/α,β-unsaturated/α-hetero) is 3. The molecule has 2 fully saturated rings. The molecule has 0 radical (unpaired) electrons. The summed E-state index contributed by atoms with van der Waals surface area (Å²) in [6.45, 7) is 21.0. The summed E-state index contributed by atoms with van der Waals surface area (Å²) >= 11 is 0. The second-order valence-electron chi connectivity index (χ2n) is 18.7. The molecule has 2 aliphatic rings. The average Bonchev–Trinajstić information content (AvgIpc) is 3.20. The lowest BCUT2D eigenvalue weighted by Crippen LogP contribution is -2.70. The van der Waals surface area contributed by atoms with Crippen LogP contribution in [0.15, 0.2) is 129 Å². The largest absolute Gasteiger partial charge is 0.506 e. The van der Waals surface area contributed by atoms with Gasteiger partial charge in [0.1, 0.15) is 26.5 Å². The Bertz CT molecular complexity index is 2700. The molecule has 0 spiro atoms. The topological polar surface area (TPSA) is 158 Å². The first-order valence-electron chi connectivity index (χ1n) is 21.6. The molecule has 5 rings (SSSR count). The molecule has 2 aliphatic carbocycles. The van der Waals surface area contributed by atoms with Crippen molar-refractivity contribution in [2.45, 2.75) is 124 Å². The summed E-state index contributed by atoms with van der Waals surface area (Å²) in [5, 5.41) is 12.5. The minimum atomic E-state index is -4.66. The second kappa shape index (κ2) is 19.0. The van der Waals surface area contributed by atoms with E-state index >= 15 is 14.4 Å². The predicted molar refractivity (Wildman–Crippen MR) is 251 cm³/mol. The van der Waals surface area contributed by atoms with Crippen LogP contribution in [-0.2, 0) is 34.6 Å². The summed E-state index contributed by atoms with van der Waals surface area (Å²) in [5.74, 6) is -4.38. The Morgan fingerprint density at radius 3 is 1.64 bits per heavy atom. The molecule has 0 heterocycles. The lowest BCUT2D eigenvalue weighted by molar-refractivity contribution is -0.178. The van der Waals surface area contributed by atoms with Crippen molar-refractivity contribution < 1.29 is 44.7 Å². The molecule has 3 aromatic rings. The normalized spacial score (nSPS) is 22.9. The van der Waals surface area contributed by atoms with Gasteiger partial charge in [-0.2, -0.15) is 16.8 Å². The van der Waals surface area contributed by atoms with E-state index in [1.807, 2.05) is 74.5 Å². The summed E-state index contributed by atoms with van der Waals surface area (Å²) in [6, 6.07) is 14.9. The van der Waals surface area contributed by atoms with Crippen molar-refractivity contribution in [3.8, 4) is 11.5 Å². The van der Waals surface area contributed by atoms with E-state index < -0.39 is 76.7 Å². The van der Waals surface area contributed by atoms with Crippen LogP contribution in [0.4, 0.5) is 0 Å². The summed E-state index contributed by atoms with van der Waals surface area (Å²) in [7, 11) is -9.22. The molecule has 0 saturated heterocycles. The molecule has 4 atom stereocenters. The van der Waals surface area contributed by atoms with Gasteiger partial charge in [0.05, 0.1) is 5.41 Å². The number of hydrogen-bond donors (Lipinski definition) is 1. The highest BCUT2D eigenvalue weighted by Crippen LogP contribution is 2.67. The minimum Gasteiger partial charge on any atom is -0.506 e. The lowest BCUT2D eigenvalue weighted by atomic mass is 9.37. The molecule has 342 valence electrons. The molecular formula is C52H62O10S2. The number of fused-ring (bicyclic) bond motifs is 2. The number of hydrogen-bond acceptors (Lipinski definition) is 10. The highest BCUT2D eigenvalue weighted by Gasteiger charge is 2.74. The van der Waals surface area contributed by atoms with Crippen LogP contribution in [0.5, 0.6) is 11.5 Å². The van der Waals surface area contributed by atoms with Crippen LogP contribution in [0.3, 0.4) is 0 Å². The van der Waals surface area contributed by atoms with Gasteiger partial charge in [-0.15, -0.1) is 0 Å². The third-order valence-electron chi connectivity index (χ3n) is 12.7. The maximum atomic E-state index is 15.8. The van der Waals surface area contributed by atoms with Gasteiger partial charge in [0.25, 0.3) is 0 Å². The predicted octanol–water partition coefficient (Wildman–Crippen LogP) is 11.6. The number of aliphatic hydroxyl groups is 1. The first kappa shape index (κ1) is 49.7. The number of carbonyl (C=O) groups is 3. The van der Waals surface area contributed by atoms with E-state index in [2.05, 4.69) is 12.2 Å². The number of ketones is 3. The first-order valence-corrected chi connectivity index (χ1v) is 24.4. The first-order chi connectivity index (χ1) is 29.8. The van der Waals surface area contributed by atoms with E-state index in [0.717, 1.165) is 45.6 Å². The number of benzene rings is 3. The van der Waals surface area contributed by atoms with Gasteiger partial charge >= 0.3 is 20.2 Å². The summed E-state index contributed by atoms with van der Waals surface area (Å²) in [6.07, 6.45) is 9.47. The molecule has 3 aromatic carbocycles. The quantitative estimate of drug-likeness (QED) is 0.0366. The van der Waals surface area contributed by atoms with E-state index in [-0.39, 0.29) is 40.5 Å². The molecule has 2 saturated carbocycles. The number of rotatable bonds is 16. The van der Waals surface area contributed by atoms with Crippen LogP contribution in [0.2, 0.25) is 0 Å². The van der Waals surface area contributed by atoms with Gasteiger partial charge in [-0.05, 0) is 162 Å². The van der Waals surface area contributed by atoms with Crippen LogP contribution < -0.4 is 8.37 Å². The van der Waals surface area contributed by atoms with Crippen molar-refractivity contribution in [1.82, 2.24) is 0 Å². The van der Waals surface area contributed by atoms with Gasteiger partial charge in [0, 0.05) is 5.56 Å². The van der Waals surface area contributed by atoms with Crippen molar-refractivity contribution in [2.75, 3.05) is 0 Å². The molecule has 12 heteroatoms. The highest BCUT2D eigenvalue weighted by molar-refractivity contribution is 7.87. The number of allylic oxidation sites excluding steroid dienone is 9. The van der Waals surface area contributed by atoms with Gasteiger partial charge in [-0.1, -0.05) is 88.9 Å². The van der Waals surface area contributed by atoms with E-state index in [4.69, 9.17) is 8.37 Å². The third-order valence-corrected chi connectivity index (χ3v) is 15.2. The molecule has 64 heavy (non-hydrogen) atoms. The Kier molecular flexibility index (Phi) is 14.8. The van der Waals surface area contributed by atoms with Gasteiger partial charge in [0.2, 0.25) is 0 Å². The maximum Gasteiger partial charge on any atom is 0.339 e. The van der Waals surface area contributed by atoms with Gasteiger partial charge in [0.15, 0.2) is 28.8 Å². The molecule has 0 aromatic heterocycles. The minimum absolute atomic E-state index is 0.00416. The van der Waals surface area contributed by atoms with Crippen molar-refractivity contribution in [3.63, 3.8) is 0 Å². The summed E-state index contributed by atoms with van der Waals surface area (Å²) in [4.78, 5) is 46.4.